The van der Waals surface area contributed by atoms with Crippen LogP contribution in [0.3, 0.4) is 0 Å². The first kappa shape index (κ1) is 14.2. The summed E-state index contributed by atoms with van der Waals surface area (Å²) in [5, 5.41) is 17.3. The molecule has 0 fully saturated rings. The molecule has 0 aliphatic carbocycles. The highest BCUT2D eigenvalue weighted by Gasteiger charge is 2.21. The molecule has 0 aromatic carbocycles. The van der Waals surface area contributed by atoms with Crippen molar-refractivity contribution in [2.45, 2.75) is 53.2 Å². The summed E-state index contributed by atoms with van der Waals surface area (Å²) in [6, 6.07) is 0. The molecule has 1 unspecified atom stereocenters. The van der Waals surface area contributed by atoms with E-state index in [0.29, 0.717) is 19.0 Å². The van der Waals surface area contributed by atoms with Crippen molar-refractivity contribution in [3.63, 3.8) is 0 Å². The van der Waals surface area contributed by atoms with Gasteiger partial charge in [0.15, 0.2) is 0 Å². The molecule has 0 amide bonds. The molecule has 1 atom stereocenters. The van der Waals surface area contributed by atoms with Gasteiger partial charge in [-0.25, -0.2) is 0 Å². The second-order valence-electron chi connectivity index (χ2n) is 5.50. The number of aryl methyl sites for hydroxylation is 2. The lowest BCUT2D eigenvalue weighted by molar-refractivity contribution is 0.0383. The molecule has 0 aliphatic heterocycles. The summed E-state index contributed by atoms with van der Waals surface area (Å²) < 4.78 is 5.09. The molecule has 0 aliphatic rings. The minimum Gasteiger partial charge on any atom is -0.389 e. The maximum absolute atomic E-state index is 10.2. The molecular weight excluding hydrogens is 216 g/mol. The lowest BCUT2D eigenvalue weighted by Gasteiger charge is -2.25. The Bertz CT molecular complexity index is 337. The number of rotatable bonds is 6. The van der Waals surface area contributed by atoms with Crippen molar-refractivity contribution in [1.29, 1.82) is 0 Å². The zero-order chi connectivity index (χ0) is 13.1. The molecule has 17 heavy (non-hydrogen) atoms. The van der Waals surface area contributed by atoms with E-state index < -0.39 is 5.60 Å². The summed E-state index contributed by atoms with van der Waals surface area (Å²) in [5.74, 6) is 1.34. The van der Waals surface area contributed by atoms with Crippen molar-refractivity contribution in [2.24, 2.45) is 5.92 Å². The average molecular weight is 240 g/mol. The number of hydrogen-bond acceptors (Lipinski definition) is 4. The first-order chi connectivity index (χ1) is 7.82. The van der Waals surface area contributed by atoms with Gasteiger partial charge in [-0.3, -0.25) is 0 Å². The maximum Gasteiger partial charge on any atom is 0.138 e. The van der Waals surface area contributed by atoms with Gasteiger partial charge in [-0.2, -0.15) is 0 Å². The van der Waals surface area contributed by atoms with Gasteiger partial charge in [-0.1, -0.05) is 19.0 Å². The van der Waals surface area contributed by atoms with E-state index in [-0.39, 0.29) is 0 Å². The second-order valence-corrected chi connectivity index (χ2v) is 5.50. The SMILES string of the molecule is Cc1noc(C)c1CNCC(C)(O)CC(C)C. The third-order valence-electron chi connectivity index (χ3n) is 2.84. The molecule has 2 N–H and O–H groups in total. The summed E-state index contributed by atoms with van der Waals surface area (Å²) in [4.78, 5) is 0. The van der Waals surface area contributed by atoms with E-state index >= 15 is 0 Å². The summed E-state index contributed by atoms with van der Waals surface area (Å²) in [7, 11) is 0. The lowest BCUT2D eigenvalue weighted by Crippen LogP contribution is -2.38. The zero-order valence-corrected chi connectivity index (χ0v) is 11.5. The van der Waals surface area contributed by atoms with Crippen molar-refractivity contribution in [1.82, 2.24) is 10.5 Å². The summed E-state index contributed by atoms with van der Waals surface area (Å²) >= 11 is 0. The van der Waals surface area contributed by atoms with E-state index in [1.54, 1.807) is 0 Å². The highest BCUT2D eigenvalue weighted by atomic mass is 16.5. The summed E-state index contributed by atoms with van der Waals surface area (Å²) in [6.45, 7) is 11.2. The van der Waals surface area contributed by atoms with Crippen molar-refractivity contribution in [2.75, 3.05) is 6.54 Å². The highest BCUT2D eigenvalue weighted by molar-refractivity contribution is 5.20. The topological polar surface area (TPSA) is 58.3 Å². The largest absolute Gasteiger partial charge is 0.389 e. The molecule has 0 saturated heterocycles. The van der Waals surface area contributed by atoms with E-state index in [1.807, 2.05) is 20.8 Å². The predicted molar refractivity (Wildman–Crippen MR) is 67.8 cm³/mol. The average Bonchev–Trinajstić information content (AvgIpc) is 2.46. The van der Waals surface area contributed by atoms with Gasteiger partial charge in [0.25, 0.3) is 0 Å². The predicted octanol–water partition coefficient (Wildman–Crippen LogP) is 2.18. The first-order valence-corrected chi connectivity index (χ1v) is 6.16. The lowest BCUT2D eigenvalue weighted by atomic mass is 9.94. The number of aliphatic hydroxyl groups is 1. The van der Waals surface area contributed by atoms with E-state index in [0.717, 1.165) is 23.4 Å². The number of nitrogens with zero attached hydrogens (tertiary/aromatic N) is 1. The molecule has 0 saturated carbocycles. The quantitative estimate of drug-likeness (QED) is 0.800. The summed E-state index contributed by atoms with van der Waals surface area (Å²) in [6.07, 6.45) is 0.793. The van der Waals surface area contributed by atoms with Crippen LogP contribution in [0.1, 0.15) is 44.2 Å². The van der Waals surface area contributed by atoms with Crippen molar-refractivity contribution in [3.8, 4) is 0 Å². The van der Waals surface area contributed by atoms with Gasteiger partial charge in [0.2, 0.25) is 0 Å². The maximum atomic E-state index is 10.2. The Kier molecular flexibility index (Phi) is 4.71. The Balaban J connectivity index is 2.42. The molecule has 1 rings (SSSR count). The van der Waals surface area contributed by atoms with Crippen molar-refractivity contribution >= 4 is 0 Å². The standard InChI is InChI=1S/C13H24N2O2/c1-9(2)6-13(5,16)8-14-7-12-10(3)15-17-11(12)4/h9,14,16H,6-8H2,1-5H3. The van der Waals surface area contributed by atoms with Crippen LogP contribution in [-0.2, 0) is 6.54 Å². The van der Waals surface area contributed by atoms with Crippen molar-refractivity contribution in [3.05, 3.63) is 17.0 Å². The minimum absolute atomic E-state index is 0.492. The minimum atomic E-state index is -0.660. The molecule has 0 radical (unpaired) electrons. The fourth-order valence-electron chi connectivity index (χ4n) is 2.16. The second kappa shape index (κ2) is 5.65. The fourth-order valence-corrected chi connectivity index (χ4v) is 2.16. The van der Waals surface area contributed by atoms with Crippen LogP contribution in [0.15, 0.2) is 4.52 Å². The van der Waals surface area contributed by atoms with Crippen molar-refractivity contribution < 1.29 is 9.63 Å². The van der Waals surface area contributed by atoms with Crippen LogP contribution in [-0.4, -0.2) is 22.4 Å². The van der Waals surface area contributed by atoms with Gasteiger partial charge in [-0.15, -0.1) is 0 Å². The molecule has 1 aromatic heterocycles. The number of nitrogens with one attached hydrogen (secondary N) is 1. The molecule has 0 bridgehead atoms. The number of hydrogen-bond donors (Lipinski definition) is 2. The van der Waals surface area contributed by atoms with Gasteiger partial charge in [-0.05, 0) is 33.1 Å². The normalized spacial score (nSPS) is 15.2. The van der Waals surface area contributed by atoms with E-state index in [1.165, 1.54) is 0 Å². The van der Waals surface area contributed by atoms with E-state index in [9.17, 15) is 5.11 Å². The van der Waals surface area contributed by atoms with Gasteiger partial charge in [0.05, 0.1) is 11.3 Å². The van der Waals surface area contributed by atoms with E-state index in [2.05, 4.69) is 24.3 Å². The van der Waals surface area contributed by atoms with Crippen LogP contribution in [0.5, 0.6) is 0 Å². The molecule has 98 valence electrons. The van der Waals surface area contributed by atoms with Crippen LogP contribution in [0.4, 0.5) is 0 Å². The van der Waals surface area contributed by atoms with Crippen LogP contribution in [0, 0.1) is 19.8 Å². The molecular formula is C13H24N2O2. The van der Waals surface area contributed by atoms with Crippen LogP contribution in [0.25, 0.3) is 0 Å². The van der Waals surface area contributed by atoms with Gasteiger partial charge >= 0.3 is 0 Å². The molecule has 1 aromatic rings. The Morgan fingerprint density at radius 1 is 1.41 bits per heavy atom. The van der Waals surface area contributed by atoms with Crippen LogP contribution < -0.4 is 5.32 Å². The molecule has 4 heteroatoms. The smallest absolute Gasteiger partial charge is 0.138 e. The Morgan fingerprint density at radius 3 is 2.53 bits per heavy atom. The third-order valence-corrected chi connectivity index (χ3v) is 2.84. The third kappa shape index (κ3) is 4.48. The monoisotopic (exact) mass is 240 g/mol. The fraction of sp³-hybridized carbons (Fsp3) is 0.769. The number of aromatic nitrogens is 1. The van der Waals surface area contributed by atoms with Gasteiger partial charge in [0.1, 0.15) is 5.76 Å². The molecule has 1 heterocycles. The van der Waals surface area contributed by atoms with Gasteiger partial charge in [0, 0.05) is 18.7 Å². The van der Waals surface area contributed by atoms with Crippen LogP contribution in [0.2, 0.25) is 0 Å². The Morgan fingerprint density at radius 2 is 2.06 bits per heavy atom. The molecule has 0 spiro atoms. The zero-order valence-electron chi connectivity index (χ0n) is 11.5. The van der Waals surface area contributed by atoms with Gasteiger partial charge < -0.3 is 14.9 Å². The summed E-state index contributed by atoms with van der Waals surface area (Å²) in [5.41, 5.74) is 1.34. The Hall–Kier alpha value is -0.870. The highest BCUT2D eigenvalue weighted by Crippen LogP contribution is 2.16. The first-order valence-electron chi connectivity index (χ1n) is 6.16. The van der Waals surface area contributed by atoms with E-state index in [4.69, 9.17) is 4.52 Å². The van der Waals surface area contributed by atoms with Crippen LogP contribution >= 0.6 is 0 Å². The Labute approximate surface area is 103 Å². The molecule has 4 nitrogen and oxygen atoms in total.